The fraction of sp³-hybridized carbons (Fsp3) is 0.458. The standard InChI is InChI=1S/C24H24BrF2N5O/c25-16-2-4-18(20(11-16)31-9-7-23(5-6-23)8-10-31)30-22(33)19-3-1-15-14-28-32(21(15)29-19)17-12-24(26,27)13-17/h1-4,11,14,17H,5-10,12-13H2,(H,30,33). The number of nitrogens with zero attached hydrogens (tertiary/aromatic N) is 4. The quantitative estimate of drug-likeness (QED) is 0.477. The predicted molar refractivity (Wildman–Crippen MR) is 126 cm³/mol. The molecule has 1 amide bonds. The van der Waals surface area contributed by atoms with Gasteiger partial charge in [0, 0.05) is 35.8 Å². The van der Waals surface area contributed by atoms with Crippen LogP contribution in [-0.4, -0.2) is 39.7 Å². The first-order valence-electron chi connectivity index (χ1n) is 11.4. The van der Waals surface area contributed by atoms with Gasteiger partial charge in [0.15, 0.2) is 5.65 Å². The topological polar surface area (TPSA) is 63.1 Å². The summed E-state index contributed by atoms with van der Waals surface area (Å²) in [4.78, 5) is 20.0. The Morgan fingerprint density at radius 1 is 1.09 bits per heavy atom. The number of benzene rings is 1. The smallest absolute Gasteiger partial charge is 0.274 e. The van der Waals surface area contributed by atoms with Crippen molar-refractivity contribution in [3.63, 3.8) is 0 Å². The number of carbonyl (C=O) groups is 1. The van der Waals surface area contributed by atoms with E-state index in [1.165, 1.54) is 30.4 Å². The lowest BCUT2D eigenvalue weighted by atomic mass is 9.88. The summed E-state index contributed by atoms with van der Waals surface area (Å²) in [6.45, 7) is 1.96. The first-order valence-corrected chi connectivity index (χ1v) is 12.2. The third kappa shape index (κ3) is 3.90. The molecule has 1 saturated heterocycles. The zero-order chi connectivity index (χ0) is 22.8. The molecular weight excluding hydrogens is 492 g/mol. The molecule has 2 aliphatic carbocycles. The van der Waals surface area contributed by atoms with Crippen molar-refractivity contribution >= 4 is 44.2 Å². The molecule has 6 nitrogen and oxygen atoms in total. The number of carbonyl (C=O) groups excluding carboxylic acids is 1. The van der Waals surface area contributed by atoms with Crippen molar-refractivity contribution in [2.24, 2.45) is 5.41 Å². The lowest BCUT2D eigenvalue weighted by Crippen LogP contribution is -2.37. The van der Waals surface area contributed by atoms with Crippen LogP contribution in [0.4, 0.5) is 20.2 Å². The fourth-order valence-corrected chi connectivity index (χ4v) is 5.43. The summed E-state index contributed by atoms with van der Waals surface area (Å²) < 4.78 is 29.2. The summed E-state index contributed by atoms with van der Waals surface area (Å²) in [6, 6.07) is 8.87. The summed E-state index contributed by atoms with van der Waals surface area (Å²) in [7, 11) is 0. The molecule has 33 heavy (non-hydrogen) atoms. The molecule has 3 heterocycles. The van der Waals surface area contributed by atoms with Crippen LogP contribution in [0.5, 0.6) is 0 Å². The summed E-state index contributed by atoms with van der Waals surface area (Å²) >= 11 is 3.56. The Hall–Kier alpha value is -2.55. The van der Waals surface area contributed by atoms with Gasteiger partial charge in [-0.15, -0.1) is 0 Å². The molecule has 1 aliphatic heterocycles. The van der Waals surface area contributed by atoms with Crippen LogP contribution >= 0.6 is 15.9 Å². The second-order valence-electron chi connectivity index (χ2n) is 9.72. The van der Waals surface area contributed by atoms with E-state index in [1.807, 2.05) is 18.2 Å². The largest absolute Gasteiger partial charge is 0.370 e. The number of nitrogens with one attached hydrogen (secondary N) is 1. The molecule has 3 fully saturated rings. The minimum Gasteiger partial charge on any atom is -0.370 e. The molecule has 0 atom stereocenters. The van der Waals surface area contributed by atoms with Crippen LogP contribution in [0.3, 0.4) is 0 Å². The van der Waals surface area contributed by atoms with E-state index < -0.39 is 12.0 Å². The second-order valence-corrected chi connectivity index (χ2v) is 10.6. The zero-order valence-electron chi connectivity index (χ0n) is 18.0. The SMILES string of the molecule is O=C(Nc1ccc(Br)cc1N1CCC2(CC1)CC2)c1ccc2cnn(C3CC(F)(F)C3)c2n1. The van der Waals surface area contributed by atoms with Gasteiger partial charge in [0.25, 0.3) is 11.8 Å². The van der Waals surface area contributed by atoms with Gasteiger partial charge >= 0.3 is 0 Å². The summed E-state index contributed by atoms with van der Waals surface area (Å²) in [5.74, 6) is -2.98. The zero-order valence-corrected chi connectivity index (χ0v) is 19.6. The monoisotopic (exact) mass is 515 g/mol. The van der Waals surface area contributed by atoms with Crippen LogP contribution in [0.15, 0.2) is 41.0 Å². The summed E-state index contributed by atoms with van der Waals surface area (Å²) in [5.41, 5.74) is 3.00. The van der Waals surface area contributed by atoms with Crippen molar-refractivity contribution in [1.29, 1.82) is 0 Å². The third-order valence-electron chi connectivity index (χ3n) is 7.42. The normalized spacial score (nSPS) is 21.2. The lowest BCUT2D eigenvalue weighted by molar-refractivity contribution is -0.106. The van der Waals surface area contributed by atoms with Gasteiger partial charge in [0.05, 0.1) is 23.6 Å². The molecule has 2 saturated carbocycles. The Labute approximate surface area is 198 Å². The maximum absolute atomic E-state index is 13.4. The molecule has 172 valence electrons. The van der Waals surface area contributed by atoms with Gasteiger partial charge in [-0.3, -0.25) is 4.79 Å². The molecule has 3 aromatic rings. The van der Waals surface area contributed by atoms with Crippen molar-refractivity contribution < 1.29 is 13.6 Å². The van der Waals surface area contributed by atoms with E-state index in [2.05, 4.69) is 36.2 Å². The maximum atomic E-state index is 13.4. The number of alkyl halides is 2. The van der Waals surface area contributed by atoms with Gasteiger partial charge in [-0.25, -0.2) is 18.4 Å². The molecule has 1 N–H and O–H groups in total. The number of amides is 1. The van der Waals surface area contributed by atoms with Crippen LogP contribution in [-0.2, 0) is 0 Å². The number of halogens is 3. The van der Waals surface area contributed by atoms with Gasteiger partial charge < -0.3 is 10.2 Å². The van der Waals surface area contributed by atoms with Crippen LogP contribution in [0, 0.1) is 5.41 Å². The maximum Gasteiger partial charge on any atom is 0.274 e. The molecule has 1 aromatic carbocycles. The number of pyridine rings is 1. The Bertz CT molecular complexity index is 1240. The third-order valence-corrected chi connectivity index (χ3v) is 7.91. The predicted octanol–water partition coefficient (Wildman–Crippen LogP) is 5.80. The van der Waals surface area contributed by atoms with Crippen LogP contribution in [0.2, 0.25) is 0 Å². The number of piperidine rings is 1. The molecule has 3 aliphatic rings. The Morgan fingerprint density at radius 3 is 2.55 bits per heavy atom. The Balaban J connectivity index is 1.24. The first-order chi connectivity index (χ1) is 15.8. The number of hydrogen-bond acceptors (Lipinski definition) is 4. The van der Waals surface area contributed by atoms with Gasteiger partial charge in [-0.05, 0) is 61.4 Å². The summed E-state index contributed by atoms with van der Waals surface area (Å²) in [5, 5.41) is 8.00. The van der Waals surface area contributed by atoms with Gasteiger partial charge in [0.2, 0.25) is 0 Å². The van der Waals surface area contributed by atoms with E-state index in [9.17, 15) is 13.6 Å². The van der Waals surface area contributed by atoms with Crippen molar-refractivity contribution in [1.82, 2.24) is 14.8 Å². The first kappa shape index (κ1) is 21.0. The minimum atomic E-state index is -2.65. The highest BCUT2D eigenvalue weighted by Gasteiger charge is 2.47. The molecule has 0 unspecified atom stereocenters. The molecule has 6 rings (SSSR count). The second kappa shape index (κ2) is 7.48. The van der Waals surface area contributed by atoms with Crippen LogP contribution < -0.4 is 10.2 Å². The number of rotatable bonds is 4. The Kier molecular flexibility index (Phi) is 4.76. The number of aromatic nitrogens is 3. The van der Waals surface area contributed by atoms with Gasteiger partial charge in [0.1, 0.15) is 5.69 Å². The number of fused-ring (bicyclic) bond motifs is 1. The van der Waals surface area contributed by atoms with Crippen molar-refractivity contribution in [2.75, 3.05) is 23.3 Å². The van der Waals surface area contributed by atoms with E-state index in [0.717, 1.165) is 34.3 Å². The van der Waals surface area contributed by atoms with Crippen LogP contribution in [0.1, 0.15) is 55.1 Å². The van der Waals surface area contributed by atoms with E-state index >= 15 is 0 Å². The highest BCUT2D eigenvalue weighted by molar-refractivity contribution is 9.10. The molecule has 2 aromatic heterocycles. The molecular formula is C24H24BrF2N5O. The van der Waals surface area contributed by atoms with E-state index in [4.69, 9.17) is 0 Å². The van der Waals surface area contributed by atoms with Crippen LogP contribution in [0.25, 0.3) is 11.0 Å². The average Bonchev–Trinajstić information content (AvgIpc) is 3.39. The average molecular weight is 516 g/mol. The minimum absolute atomic E-state index is 0.236. The molecule has 0 bridgehead atoms. The fourth-order valence-electron chi connectivity index (χ4n) is 5.08. The summed E-state index contributed by atoms with van der Waals surface area (Å²) in [6.07, 6.45) is 6.17. The highest BCUT2D eigenvalue weighted by atomic mass is 79.9. The molecule has 9 heteroatoms. The van der Waals surface area contributed by atoms with E-state index in [-0.39, 0.29) is 24.4 Å². The van der Waals surface area contributed by atoms with Gasteiger partial charge in [-0.1, -0.05) is 15.9 Å². The lowest BCUT2D eigenvalue weighted by Gasteiger charge is -2.35. The number of hydrogen-bond donors (Lipinski definition) is 1. The number of anilines is 2. The highest BCUT2D eigenvalue weighted by Crippen LogP contribution is 2.54. The molecule has 0 radical (unpaired) electrons. The van der Waals surface area contributed by atoms with E-state index in [1.54, 1.807) is 18.3 Å². The Morgan fingerprint density at radius 2 is 1.85 bits per heavy atom. The van der Waals surface area contributed by atoms with Crippen molar-refractivity contribution in [3.8, 4) is 0 Å². The molecule has 1 spiro atoms. The van der Waals surface area contributed by atoms with Gasteiger partial charge in [-0.2, -0.15) is 5.10 Å². The van der Waals surface area contributed by atoms with E-state index in [0.29, 0.717) is 11.1 Å². The van der Waals surface area contributed by atoms with Crippen molar-refractivity contribution in [3.05, 3.63) is 46.7 Å². The van der Waals surface area contributed by atoms with Crippen molar-refractivity contribution in [2.45, 2.75) is 50.5 Å².